The van der Waals surface area contributed by atoms with Gasteiger partial charge in [0.15, 0.2) is 5.60 Å². The van der Waals surface area contributed by atoms with E-state index < -0.39 is 11.6 Å². The van der Waals surface area contributed by atoms with Gasteiger partial charge >= 0.3 is 5.97 Å². The van der Waals surface area contributed by atoms with Crippen LogP contribution in [0.1, 0.15) is 12.5 Å². The number of ether oxygens (including phenoxy) is 1. The van der Waals surface area contributed by atoms with Crippen molar-refractivity contribution < 1.29 is 14.6 Å². The molecule has 1 rings (SSSR count). The standard InChI is InChI=1S/C10H14N2O4/c1-7-4-8(13)12(11-5-7)6-10(2,15)9(14)16-3/h4-5,15H,6H2,1-3H3. The maximum absolute atomic E-state index is 11.5. The number of methoxy groups -OCH3 is 1. The molecule has 1 atom stereocenters. The largest absolute Gasteiger partial charge is 0.467 e. The number of esters is 1. The van der Waals surface area contributed by atoms with E-state index in [0.717, 1.165) is 10.2 Å². The molecule has 1 N–H and O–H groups in total. The monoisotopic (exact) mass is 226 g/mol. The normalized spacial score (nSPS) is 14.2. The van der Waals surface area contributed by atoms with E-state index >= 15 is 0 Å². The Balaban J connectivity index is 2.97. The molecule has 0 saturated heterocycles. The van der Waals surface area contributed by atoms with Crippen LogP contribution in [0.25, 0.3) is 0 Å². The van der Waals surface area contributed by atoms with E-state index in [2.05, 4.69) is 9.84 Å². The molecule has 0 fully saturated rings. The van der Waals surface area contributed by atoms with Gasteiger partial charge in [-0.05, 0) is 19.4 Å². The lowest BCUT2D eigenvalue weighted by Crippen LogP contribution is -2.43. The maximum atomic E-state index is 11.5. The smallest absolute Gasteiger partial charge is 0.339 e. The van der Waals surface area contributed by atoms with Crippen molar-refractivity contribution in [3.8, 4) is 0 Å². The summed E-state index contributed by atoms with van der Waals surface area (Å²) in [6, 6.07) is 1.38. The Morgan fingerprint density at radius 2 is 2.31 bits per heavy atom. The molecule has 0 aliphatic rings. The van der Waals surface area contributed by atoms with Crippen LogP contribution in [0.4, 0.5) is 0 Å². The van der Waals surface area contributed by atoms with Gasteiger partial charge in [-0.15, -0.1) is 0 Å². The third-order valence-electron chi connectivity index (χ3n) is 2.09. The molecule has 1 aromatic rings. The number of aliphatic hydroxyl groups is 1. The molecule has 0 amide bonds. The van der Waals surface area contributed by atoms with E-state index in [0.29, 0.717) is 0 Å². The summed E-state index contributed by atoms with van der Waals surface area (Å²) in [5, 5.41) is 13.6. The molecule has 0 radical (unpaired) electrons. The van der Waals surface area contributed by atoms with E-state index in [1.54, 1.807) is 6.92 Å². The minimum atomic E-state index is -1.76. The zero-order valence-corrected chi connectivity index (χ0v) is 9.43. The van der Waals surface area contributed by atoms with Gasteiger partial charge in [0.1, 0.15) is 0 Å². The highest BCUT2D eigenvalue weighted by molar-refractivity contribution is 5.78. The van der Waals surface area contributed by atoms with Crippen molar-refractivity contribution in [2.45, 2.75) is 26.0 Å². The van der Waals surface area contributed by atoms with Gasteiger partial charge in [-0.3, -0.25) is 4.79 Å². The highest BCUT2D eigenvalue weighted by Crippen LogP contribution is 2.07. The second-order valence-corrected chi connectivity index (χ2v) is 3.79. The predicted octanol–water partition coefficient (Wildman–Crippen LogP) is -0.524. The fourth-order valence-corrected chi connectivity index (χ4v) is 1.22. The van der Waals surface area contributed by atoms with Gasteiger partial charge in [0.25, 0.3) is 5.56 Å². The first kappa shape index (κ1) is 12.4. The van der Waals surface area contributed by atoms with Crippen LogP contribution in [0.2, 0.25) is 0 Å². The molecule has 0 saturated carbocycles. The number of aromatic nitrogens is 2. The molecule has 6 heteroatoms. The summed E-state index contributed by atoms with van der Waals surface area (Å²) < 4.78 is 5.44. The maximum Gasteiger partial charge on any atom is 0.339 e. The second-order valence-electron chi connectivity index (χ2n) is 3.79. The van der Waals surface area contributed by atoms with Gasteiger partial charge in [-0.25, -0.2) is 9.48 Å². The van der Waals surface area contributed by atoms with Crippen molar-refractivity contribution in [1.29, 1.82) is 0 Å². The lowest BCUT2D eigenvalue weighted by molar-refractivity contribution is -0.162. The van der Waals surface area contributed by atoms with Crippen LogP contribution in [0.5, 0.6) is 0 Å². The van der Waals surface area contributed by atoms with Crippen LogP contribution in [0, 0.1) is 6.92 Å². The van der Waals surface area contributed by atoms with E-state index in [1.165, 1.54) is 26.3 Å². The Kier molecular flexibility index (Phi) is 3.44. The Labute approximate surface area is 92.5 Å². The minimum Gasteiger partial charge on any atom is -0.467 e. The highest BCUT2D eigenvalue weighted by atomic mass is 16.5. The summed E-state index contributed by atoms with van der Waals surface area (Å²) in [5.74, 6) is -0.804. The first-order valence-corrected chi connectivity index (χ1v) is 4.71. The van der Waals surface area contributed by atoms with Crippen molar-refractivity contribution in [2.75, 3.05) is 7.11 Å². The molecule has 16 heavy (non-hydrogen) atoms. The van der Waals surface area contributed by atoms with Crippen LogP contribution in [0.3, 0.4) is 0 Å². The SMILES string of the molecule is COC(=O)C(C)(O)Cn1ncc(C)cc1=O. The van der Waals surface area contributed by atoms with Gasteiger partial charge in [-0.2, -0.15) is 5.10 Å². The molecule has 0 aliphatic carbocycles. The molecule has 0 spiro atoms. The first-order chi connectivity index (χ1) is 7.36. The third-order valence-corrected chi connectivity index (χ3v) is 2.09. The van der Waals surface area contributed by atoms with Crippen molar-refractivity contribution in [1.82, 2.24) is 9.78 Å². The summed E-state index contributed by atoms with van der Waals surface area (Å²) in [5.41, 5.74) is -1.41. The second kappa shape index (κ2) is 4.44. The molecule has 1 aromatic heterocycles. The summed E-state index contributed by atoms with van der Waals surface area (Å²) in [7, 11) is 1.17. The van der Waals surface area contributed by atoms with Crippen molar-refractivity contribution in [3.05, 3.63) is 28.2 Å². The molecular weight excluding hydrogens is 212 g/mol. The molecule has 0 aromatic carbocycles. The number of aryl methyl sites for hydroxylation is 1. The van der Waals surface area contributed by atoms with E-state index in [9.17, 15) is 14.7 Å². The van der Waals surface area contributed by atoms with Crippen LogP contribution in [-0.2, 0) is 16.1 Å². The van der Waals surface area contributed by atoms with E-state index in [-0.39, 0.29) is 12.1 Å². The Morgan fingerprint density at radius 1 is 1.69 bits per heavy atom. The van der Waals surface area contributed by atoms with Crippen molar-refractivity contribution in [2.24, 2.45) is 0 Å². The van der Waals surface area contributed by atoms with Gasteiger partial charge in [0, 0.05) is 6.07 Å². The number of carbonyl (C=O) groups excluding carboxylic acids is 1. The number of hydrogen-bond donors (Lipinski definition) is 1. The van der Waals surface area contributed by atoms with Crippen molar-refractivity contribution >= 4 is 5.97 Å². The average Bonchev–Trinajstić information content (AvgIpc) is 2.21. The highest BCUT2D eigenvalue weighted by Gasteiger charge is 2.32. The van der Waals surface area contributed by atoms with Crippen molar-refractivity contribution in [3.63, 3.8) is 0 Å². The molecule has 0 bridgehead atoms. The van der Waals surface area contributed by atoms with Gasteiger partial charge in [0.05, 0.1) is 19.9 Å². The number of nitrogens with zero attached hydrogens (tertiary/aromatic N) is 2. The lowest BCUT2D eigenvalue weighted by atomic mass is 10.1. The summed E-state index contributed by atoms with van der Waals surface area (Å²) in [6.07, 6.45) is 1.48. The van der Waals surface area contributed by atoms with E-state index in [4.69, 9.17) is 0 Å². The number of carbonyl (C=O) groups is 1. The summed E-state index contributed by atoms with van der Waals surface area (Å²) in [6.45, 7) is 2.77. The Hall–Kier alpha value is -1.69. The zero-order valence-electron chi connectivity index (χ0n) is 9.43. The summed E-state index contributed by atoms with van der Waals surface area (Å²) >= 11 is 0. The minimum absolute atomic E-state index is 0.237. The third kappa shape index (κ3) is 2.66. The fourth-order valence-electron chi connectivity index (χ4n) is 1.22. The molecule has 6 nitrogen and oxygen atoms in total. The van der Waals surface area contributed by atoms with Gasteiger partial charge < -0.3 is 9.84 Å². The first-order valence-electron chi connectivity index (χ1n) is 4.71. The lowest BCUT2D eigenvalue weighted by Gasteiger charge is -2.20. The zero-order chi connectivity index (χ0) is 12.3. The molecular formula is C10H14N2O4. The molecule has 0 aliphatic heterocycles. The average molecular weight is 226 g/mol. The quantitative estimate of drug-likeness (QED) is 0.701. The Bertz CT molecular complexity index is 450. The molecule has 1 heterocycles. The van der Waals surface area contributed by atoms with Crippen LogP contribution < -0.4 is 5.56 Å². The van der Waals surface area contributed by atoms with E-state index in [1.807, 2.05) is 0 Å². The number of hydrogen-bond acceptors (Lipinski definition) is 5. The van der Waals surface area contributed by atoms with Gasteiger partial charge in [0.2, 0.25) is 0 Å². The van der Waals surface area contributed by atoms with Crippen LogP contribution in [0.15, 0.2) is 17.1 Å². The number of rotatable bonds is 3. The van der Waals surface area contributed by atoms with Gasteiger partial charge in [-0.1, -0.05) is 0 Å². The topological polar surface area (TPSA) is 81.4 Å². The summed E-state index contributed by atoms with van der Waals surface area (Å²) in [4.78, 5) is 22.7. The molecule has 1 unspecified atom stereocenters. The fraction of sp³-hybridized carbons (Fsp3) is 0.500. The van der Waals surface area contributed by atoms with Crippen LogP contribution in [-0.4, -0.2) is 33.6 Å². The Morgan fingerprint density at radius 3 is 2.81 bits per heavy atom. The van der Waals surface area contributed by atoms with Crippen LogP contribution >= 0.6 is 0 Å². The predicted molar refractivity (Wildman–Crippen MR) is 55.9 cm³/mol. The molecule has 88 valence electrons.